The van der Waals surface area contributed by atoms with Gasteiger partial charge < -0.3 is 14.3 Å². The van der Waals surface area contributed by atoms with Gasteiger partial charge in [0.25, 0.3) is 0 Å². The van der Waals surface area contributed by atoms with E-state index in [1.807, 2.05) is 0 Å². The highest BCUT2D eigenvalue weighted by Crippen LogP contribution is 2.38. The van der Waals surface area contributed by atoms with Crippen molar-refractivity contribution < 1.29 is 19.1 Å². The Hall–Kier alpha value is -2.69. The number of aldehydes is 1. The molecule has 0 saturated carbocycles. The lowest BCUT2D eigenvalue weighted by molar-refractivity contribution is -0.131. The van der Waals surface area contributed by atoms with Crippen LogP contribution in [-0.4, -0.2) is 18.0 Å². The highest BCUT2D eigenvalue weighted by Gasteiger charge is 2.22. The van der Waals surface area contributed by atoms with Crippen LogP contribution in [0.5, 0.6) is 11.5 Å². The number of rotatable bonds is 2. The Labute approximate surface area is 115 Å². The summed E-state index contributed by atoms with van der Waals surface area (Å²) < 4.78 is 10.7. The molecule has 5 heteroatoms. The van der Waals surface area contributed by atoms with Crippen molar-refractivity contribution in [3.63, 3.8) is 0 Å². The number of ether oxygens (including phenoxy) is 2. The van der Waals surface area contributed by atoms with Crippen molar-refractivity contribution in [2.75, 3.05) is 0 Å². The first-order chi connectivity index (χ1) is 9.65. The van der Waals surface area contributed by atoms with Gasteiger partial charge in [0.2, 0.25) is 0 Å². The third-order valence-corrected chi connectivity index (χ3v) is 2.88. The molecular formula is C15H11NO4. The Morgan fingerprint density at radius 3 is 3.05 bits per heavy atom. The summed E-state index contributed by atoms with van der Waals surface area (Å²) in [4.78, 5) is 26.2. The van der Waals surface area contributed by atoms with Crippen molar-refractivity contribution in [2.24, 2.45) is 10.9 Å². The molecule has 1 heterocycles. The molecule has 0 spiro atoms. The summed E-state index contributed by atoms with van der Waals surface area (Å²) in [7, 11) is 0. The van der Waals surface area contributed by atoms with E-state index in [0.717, 1.165) is 6.29 Å². The van der Waals surface area contributed by atoms with E-state index in [4.69, 9.17) is 9.47 Å². The zero-order valence-electron chi connectivity index (χ0n) is 10.7. The molecule has 20 heavy (non-hydrogen) atoms. The molecule has 1 unspecified atom stereocenters. The molecule has 1 atom stereocenters. The highest BCUT2D eigenvalue weighted by molar-refractivity contribution is 6.11. The van der Waals surface area contributed by atoms with E-state index in [0.29, 0.717) is 28.7 Å². The molecule has 2 aliphatic rings. The van der Waals surface area contributed by atoms with Crippen LogP contribution in [0, 0.1) is 5.92 Å². The SMILES string of the molecule is CC(=O)Oc1ccc2c(c1)OC1=CC(C=O)C=CC1=N2. The van der Waals surface area contributed by atoms with Gasteiger partial charge >= 0.3 is 5.97 Å². The van der Waals surface area contributed by atoms with E-state index in [2.05, 4.69) is 4.99 Å². The van der Waals surface area contributed by atoms with Crippen LogP contribution >= 0.6 is 0 Å². The number of benzene rings is 1. The molecule has 0 radical (unpaired) electrons. The molecular weight excluding hydrogens is 258 g/mol. The maximum Gasteiger partial charge on any atom is 0.308 e. The second-order valence-corrected chi connectivity index (χ2v) is 4.43. The van der Waals surface area contributed by atoms with Gasteiger partial charge in [0.1, 0.15) is 29.2 Å². The fourth-order valence-corrected chi connectivity index (χ4v) is 2.01. The molecule has 1 aliphatic heterocycles. The Bertz CT molecular complexity index is 685. The van der Waals surface area contributed by atoms with Gasteiger partial charge in [-0.15, -0.1) is 0 Å². The summed E-state index contributed by atoms with van der Waals surface area (Å²) in [6.07, 6.45) is 6.05. The zero-order chi connectivity index (χ0) is 14.1. The number of fused-ring (bicyclic) bond motifs is 2. The lowest BCUT2D eigenvalue weighted by atomic mass is 10.0. The van der Waals surface area contributed by atoms with E-state index in [-0.39, 0.29) is 5.92 Å². The summed E-state index contributed by atoms with van der Waals surface area (Å²) in [6, 6.07) is 4.98. The Morgan fingerprint density at radius 2 is 2.30 bits per heavy atom. The monoisotopic (exact) mass is 269 g/mol. The molecule has 0 amide bonds. The van der Waals surface area contributed by atoms with Crippen molar-refractivity contribution in [1.29, 1.82) is 0 Å². The fraction of sp³-hybridized carbons (Fsp3) is 0.133. The minimum Gasteiger partial charge on any atom is -0.453 e. The smallest absolute Gasteiger partial charge is 0.308 e. The van der Waals surface area contributed by atoms with Gasteiger partial charge in [-0.2, -0.15) is 0 Å². The van der Waals surface area contributed by atoms with Gasteiger partial charge in [-0.1, -0.05) is 6.08 Å². The number of hydrogen-bond donors (Lipinski definition) is 0. The van der Waals surface area contributed by atoms with E-state index in [9.17, 15) is 9.59 Å². The fourth-order valence-electron chi connectivity index (χ4n) is 2.01. The van der Waals surface area contributed by atoms with Crippen molar-refractivity contribution in [1.82, 2.24) is 0 Å². The first-order valence-corrected chi connectivity index (χ1v) is 6.10. The minimum atomic E-state index is -0.397. The van der Waals surface area contributed by atoms with Crippen LogP contribution < -0.4 is 9.47 Å². The van der Waals surface area contributed by atoms with Crippen LogP contribution in [0.2, 0.25) is 0 Å². The quantitative estimate of drug-likeness (QED) is 0.469. The molecule has 0 N–H and O–H groups in total. The topological polar surface area (TPSA) is 65.0 Å². The third kappa shape index (κ3) is 2.25. The van der Waals surface area contributed by atoms with Crippen molar-refractivity contribution in [2.45, 2.75) is 6.92 Å². The van der Waals surface area contributed by atoms with E-state index in [1.54, 1.807) is 36.4 Å². The number of carbonyl (C=O) groups is 2. The number of allylic oxidation sites excluding steroid dienone is 3. The number of nitrogens with zero attached hydrogens (tertiary/aromatic N) is 1. The average molecular weight is 269 g/mol. The second kappa shape index (κ2) is 4.77. The number of hydrogen-bond acceptors (Lipinski definition) is 5. The van der Waals surface area contributed by atoms with Gasteiger partial charge in [-0.3, -0.25) is 4.79 Å². The molecule has 100 valence electrons. The van der Waals surface area contributed by atoms with Gasteiger partial charge in [0.15, 0.2) is 5.75 Å². The Balaban J connectivity index is 1.97. The van der Waals surface area contributed by atoms with Crippen molar-refractivity contribution in [3.8, 4) is 11.5 Å². The molecule has 1 aromatic rings. The lowest BCUT2D eigenvalue weighted by Crippen LogP contribution is -2.16. The zero-order valence-corrected chi connectivity index (χ0v) is 10.7. The van der Waals surface area contributed by atoms with E-state index in [1.165, 1.54) is 6.92 Å². The maximum atomic E-state index is 10.9. The minimum absolute atomic E-state index is 0.304. The molecule has 0 saturated heterocycles. The summed E-state index contributed by atoms with van der Waals surface area (Å²) in [5.74, 6) is 0.734. The van der Waals surface area contributed by atoms with Gasteiger partial charge in [0.05, 0.1) is 5.92 Å². The summed E-state index contributed by atoms with van der Waals surface area (Å²) in [6.45, 7) is 1.33. The predicted molar refractivity (Wildman–Crippen MR) is 72.3 cm³/mol. The first kappa shape index (κ1) is 12.3. The third-order valence-electron chi connectivity index (χ3n) is 2.88. The lowest BCUT2D eigenvalue weighted by Gasteiger charge is -2.21. The summed E-state index contributed by atoms with van der Waals surface area (Å²) in [5, 5.41) is 0. The average Bonchev–Trinajstić information content (AvgIpc) is 2.43. The predicted octanol–water partition coefficient (Wildman–Crippen LogP) is 2.35. The van der Waals surface area contributed by atoms with Gasteiger partial charge in [0, 0.05) is 13.0 Å². The highest BCUT2D eigenvalue weighted by atomic mass is 16.5. The molecule has 1 aromatic carbocycles. The van der Waals surface area contributed by atoms with Crippen LogP contribution in [0.4, 0.5) is 5.69 Å². The Morgan fingerprint density at radius 1 is 1.45 bits per heavy atom. The van der Waals surface area contributed by atoms with Gasteiger partial charge in [-0.05, 0) is 24.3 Å². The maximum absolute atomic E-state index is 10.9. The molecule has 0 bridgehead atoms. The molecule has 1 aliphatic carbocycles. The van der Waals surface area contributed by atoms with Crippen LogP contribution in [0.15, 0.2) is 47.2 Å². The molecule has 0 aromatic heterocycles. The number of carbonyl (C=O) groups excluding carboxylic acids is 2. The summed E-state index contributed by atoms with van der Waals surface area (Å²) in [5.41, 5.74) is 1.33. The Kier molecular flexibility index (Phi) is 2.95. The number of aliphatic imine (C=N–C) groups is 1. The summed E-state index contributed by atoms with van der Waals surface area (Å²) >= 11 is 0. The number of esters is 1. The van der Waals surface area contributed by atoms with Crippen LogP contribution in [0.3, 0.4) is 0 Å². The van der Waals surface area contributed by atoms with Crippen LogP contribution in [0.1, 0.15) is 6.92 Å². The first-order valence-electron chi connectivity index (χ1n) is 6.10. The standard InChI is InChI=1S/C15H11NO4/c1-9(18)19-11-3-5-13-15(7-11)20-14-6-10(8-17)2-4-12(14)16-13/h2-8,10H,1H3. The van der Waals surface area contributed by atoms with Crippen molar-refractivity contribution in [3.05, 3.63) is 42.2 Å². The van der Waals surface area contributed by atoms with Crippen molar-refractivity contribution >= 4 is 23.7 Å². The normalized spacial score (nSPS) is 18.9. The largest absolute Gasteiger partial charge is 0.453 e. The van der Waals surface area contributed by atoms with E-state index < -0.39 is 5.97 Å². The molecule has 3 rings (SSSR count). The van der Waals surface area contributed by atoms with Crippen LogP contribution in [0.25, 0.3) is 0 Å². The molecule has 0 fully saturated rings. The second-order valence-electron chi connectivity index (χ2n) is 4.43. The molecule has 5 nitrogen and oxygen atoms in total. The van der Waals surface area contributed by atoms with Crippen LogP contribution in [-0.2, 0) is 9.59 Å². The van der Waals surface area contributed by atoms with E-state index >= 15 is 0 Å². The van der Waals surface area contributed by atoms with Gasteiger partial charge in [-0.25, -0.2) is 4.99 Å².